The molecule has 1 aliphatic rings. The number of nitrogens with two attached hydrogens (primary N) is 1. The lowest BCUT2D eigenvalue weighted by atomic mass is 10.0. The third-order valence-corrected chi connectivity index (χ3v) is 5.47. The zero-order chi connectivity index (χ0) is 20.5. The summed E-state index contributed by atoms with van der Waals surface area (Å²) in [5.41, 5.74) is 8.96. The molecular weight excluding hydrogens is 366 g/mol. The van der Waals surface area contributed by atoms with Gasteiger partial charge in [-0.15, -0.1) is 0 Å². The zero-order valence-electron chi connectivity index (χ0n) is 16.3. The molecule has 1 atom stereocenters. The molecule has 1 saturated heterocycles. The van der Waals surface area contributed by atoms with Gasteiger partial charge in [-0.3, -0.25) is 14.2 Å². The normalized spacial score (nSPS) is 16.7. The lowest BCUT2D eigenvalue weighted by Crippen LogP contribution is -2.42. The highest BCUT2D eigenvalue weighted by Gasteiger charge is 2.27. The highest BCUT2D eigenvalue weighted by atomic mass is 16.2. The molecule has 7 heteroatoms. The minimum Gasteiger partial charge on any atom is -0.383 e. The quantitative estimate of drug-likeness (QED) is 0.695. The van der Waals surface area contributed by atoms with Gasteiger partial charge < -0.3 is 10.6 Å². The molecular formula is C22H23N5O2. The summed E-state index contributed by atoms with van der Waals surface area (Å²) in [6, 6.07) is 9.37. The predicted octanol–water partition coefficient (Wildman–Crippen LogP) is 2.70. The van der Waals surface area contributed by atoms with E-state index < -0.39 is 0 Å². The molecule has 7 nitrogen and oxygen atoms in total. The maximum atomic E-state index is 13.6. The number of aromatic nitrogens is 3. The van der Waals surface area contributed by atoms with E-state index in [-0.39, 0.29) is 17.5 Å². The first-order valence-corrected chi connectivity index (χ1v) is 9.63. The van der Waals surface area contributed by atoms with Crippen molar-refractivity contribution in [3.63, 3.8) is 0 Å². The van der Waals surface area contributed by atoms with E-state index in [4.69, 9.17) is 5.73 Å². The first-order valence-electron chi connectivity index (χ1n) is 9.63. The van der Waals surface area contributed by atoms with E-state index in [1.807, 2.05) is 31.2 Å². The van der Waals surface area contributed by atoms with Gasteiger partial charge >= 0.3 is 0 Å². The second-order valence-corrected chi connectivity index (χ2v) is 7.38. The molecule has 1 unspecified atom stereocenters. The number of pyridine rings is 1. The Morgan fingerprint density at radius 1 is 1.28 bits per heavy atom. The molecule has 3 heterocycles. The number of fused-ring (bicyclic) bond motifs is 1. The van der Waals surface area contributed by atoms with E-state index in [0.29, 0.717) is 35.5 Å². The lowest BCUT2D eigenvalue weighted by Gasteiger charge is -2.33. The van der Waals surface area contributed by atoms with Crippen molar-refractivity contribution >= 4 is 22.8 Å². The number of nitrogens with zero attached hydrogens (tertiary/aromatic N) is 4. The van der Waals surface area contributed by atoms with Gasteiger partial charge in [0.25, 0.3) is 5.56 Å². The van der Waals surface area contributed by atoms with E-state index in [0.717, 1.165) is 24.0 Å². The van der Waals surface area contributed by atoms with Crippen molar-refractivity contribution in [3.8, 4) is 11.1 Å². The van der Waals surface area contributed by atoms with Crippen LogP contribution >= 0.6 is 0 Å². The number of carbonyl (C=O) groups is 1. The molecule has 0 aliphatic carbocycles. The smallest absolute Gasteiger partial charge is 0.260 e. The molecule has 0 saturated carbocycles. The van der Waals surface area contributed by atoms with Gasteiger partial charge in [0.2, 0.25) is 5.91 Å². The Hall–Kier alpha value is -3.48. The summed E-state index contributed by atoms with van der Waals surface area (Å²) in [6.07, 6.45) is 4.26. The van der Waals surface area contributed by atoms with E-state index >= 15 is 0 Å². The summed E-state index contributed by atoms with van der Waals surface area (Å²) in [4.78, 5) is 35.9. The lowest BCUT2D eigenvalue weighted by molar-refractivity contribution is -0.127. The van der Waals surface area contributed by atoms with E-state index in [2.05, 4.69) is 16.5 Å². The Kier molecular flexibility index (Phi) is 4.88. The molecule has 4 rings (SSSR count). The van der Waals surface area contributed by atoms with Crippen molar-refractivity contribution in [2.45, 2.75) is 25.8 Å². The van der Waals surface area contributed by atoms with E-state index in [1.165, 1.54) is 12.4 Å². The fraction of sp³-hybridized carbons (Fsp3) is 0.273. The predicted molar refractivity (Wildman–Crippen MR) is 113 cm³/mol. The fourth-order valence-electron chi connectivity index (χ4n) is 3.94. The third kappa shape index (κ3) is 3.40. The van der Waals surface area contributed by atoms with Crippen LogP contribution in [0.15, 0.2) is 54.1 Å². The number of anilines is 1. The number of nitrogen functional groups attached to an aromatic ring is 1. The number of likely N-dealkylation sites (tertiary alicyclic amines) is 1. The average molecular weight is 389 g/mol. The van der Waals surface area contributed by atoms with Crippen LogP contribution in [0, 0.1) is 6.92 Å². The minimum atomic E-state index is -0.192. The van der Waals surface area contributed by atoms with Crippen LogP contribution in [0.5, 0.6) is 0 Å². The van der Waals surface area contributed by atoms with Crippen LogP contribution in [0.4, 0.5) is 5.82 Å². The summed E-state index contributed by atoms with van der Waals surface area (Å²) < 4.78 is 1.69. The van der Waals surface area contributed by atoms with Crippen LogP contribution in [-0.4, -0.2) is 38.4 Å². The number of piperidine rings is 1. The molecule has 0 bridgehead atoms. The Morgan fingerprint density at radius 3 is 2.76 bits per heavy atom. The van der Waals surface area contributed by atoms with Crippen LogP contribution in [0.1, 0.15) is 24.4 Å². The van der Waals surface area contributed by atoms with Gasteiger partial charge in [0.15, 0.2) is 0 Å². The van der Waals surface area contributed by atoms with Gasteiger partial charge in [0.05, 0.1) is 11.4 Å². The summed E-state index contributed by atoms with van der Waals surface area (Å²) in [5.74, 6) is 0.197. The molecule has 1 fully saturated rings. The second-order valence-electron chi connectivity index (χ2n) is 7.38. The number of benzene rings is 1. The summed E-state index contributed by atoms with van der Waals surface area (Å²) in [5, 5.41) is 0.634. The van der Waals surface area contributed by atoms with Gasteiger partial charge in [-0.25, -0.2) is 9.97 Å². The highest BCUT2D eigenvalue weighted by molar-refractivity contribution is 5.89. The van der Waals surface area contributed by atoms with E-state index in [9.17, 15) is 9.59 Å². The molecule has 2 N–H and O–H groups in total. The standard InChI is InChI=1S/C22H23N5O2/c1-3-19(28)26-10-4-5-16(12-26)27-21-18(20(23)24-13-25-21)11-17(22(27)29)15-8-6-14(2)7-9-15/h3,6-9,11,13,16H,1,4-5,10,12H2,2H3,(H2,23,24,25). The molecule has 1 amide bonds. The molecule has 1 aliphatic heterocycles. The van der Waals surface area contributed by atoms with Crippen LogP contribution in [0.3, 0.4) is 0 Å². The van der Waals surface area contributed by atoms with Crippen molar-refractivity contribution in [2.24, 2.45) is 0 Å². The second kappa shape index (κ2) is 7.50. The maximum absolute atomic E-state index is 13.6. The number of aryl methyl sites for hydroxylation is 1. The number of rotatable bonds is 3. The Bertz CT molecular complexity index is 1150. The summed E-state index contributed by atoms with van der Waals surface area (Å²) >= 11 is 0. The number of hydrogen-bond donors (Lipinski definition) is 1. The summed E-state index contributed by atoms with van der Waals surface area (Å²) in [7, 11) is 0. The SMILES string of the molecule is C=CC(=O)N1CCCC(n2c(=O)c(-c3ccc(C)cc3)cc3c(N)ncnc32)C1. The molecule has 29 heavy (non-hydrogen) atoms. The van der Waals surface area contributed by atoms with Crippen molar-refractivity contribution < 1.29 is 4.79 Å². The highest BCUT2D eigenvalue weighted by Crippen LogP contribution is 2.28. The molecule has 3 aromatic rings. The topological polar surface area (TPSA) is 94.1 Å². The Labute approximate surface area is 168 Å². The first-order chi connectivity index (χ1) is 14.0. The van der Waals surface area contributed by atoms with Gasteiger partial charge in [-0.05, 0) is 37.5 Å². The monoisotopic (exact) mass is 389 g/mol. The fourth-order valence-corrected chi connectivity index (χ4v) is 3.94. The average Bonchev–Trinajstić information content (AvgIpc) is 2.74. The zero-order valence-corrected chi connectivity index (χ0v) is 16.3. The van der Waals surface area contributed by atoms with Gasteiger partial charge in [0, 0.05) is 18.7 Å². The molecule has 2 aromatic heterocycles. The van der Waals surface area contributed by atoms with Crippen molar-refractivity contribution in [3.05, 3.63) is 65.2 Å². The number of hydrogen-bond acceptors (Lipinski definition) is 5. The number of amides is 1. The van der Waals surface area contributed by atoms with E-state index in [1.54, 1.807) is 15.5 Å². The first kappa shape index (κ1) is 18.9. The van der Waals surface area contributed by atoms with Gasteiger partial charge in [-0.1, -0.05) is 36.4 Å². The van der Waals surface area contributed by atoms with Gasteiger partial charge in [0.1, 0.15) is 17.8 Å². The molecule has 148 valence electrons. The maximum Gasteiger partial charge on any atom is 0.260 e. The Morgan fingerprint density at radius 2 is 2.03 bits per heavy atom. The summed E-state index contributed by atoms with van der Waals surface area (Å²) in [6.45, 7) is 6.67. The van der Waals surface area contributed by atoms with Crippen LogP contribution in [-0.2, 0) is 4.79 Å². The number of carbonyl (C=O) groups excluding carboxylic acids is 1. The van der Waals surface area contributed by atoms with Crippen molar-refractivity contribution in [2.75, 3.05) is 18.8 Å². The molecule has 0 spiro atoms. The molecule has 0 radical (unpaired) electrons. The largest absolute Gasteiger partial charge is 0.383 e. The van der Waals surface area contributed by atoms with Crippen LogP contribution in [0.25, 0.3) is 22.2 Å². The van der Waals surface area contributed by atoms with Gasteiger partial charge in [-0.2, -0.15) is 0 Å². The van der Waals surface area contributed by atoms with Crippen molar-refractivity contribution in [1.82, 2.24) is 19.4 Å². The minimum absolute atomic E-state index is 0.129. The van der Waals surface area contributed by atoms with Crippen LogP contribution < -0.4 is 11.3 Å². The van der Waals surface area contributed by atoms with Crippen LogP contribution in [0.2, 0.25) is 0 Å². The molecule has 1 aromatic carbocycles. The van der Waals surface area contributed by atoms with Crippen molar-refractivity contribution in [1.29, 1.82) is 0 Å². The third-order valence-electron chi connectivity index (χ3n) is 5.47. The Balaban J connectivity index is 1.92.